The van der Waals surface area contributed by atoms with Gasteiger partial charge in [-0.05, 0) is 36.4 Å². The second kappa shape index (κ2) is 9.33. The van der Waals surface area contributed by atoms with Crippen LogP contribution in [0.4, 0.5) is 0 Å². The van der Waals surface area contributed by atoms with Crippen molar-refractivity contribution in [2.24, 2.45) is 0 Å². The van der Waals surface area contributed by atoms with Crippen LogP contribution in [-0.4, -0.2) is 44.5 Å². The largest absolute Gasteiger partial charge is 0.504 e. The third kappa shape index (κ3) is 6.32. The van der Waals surface area contributed by atoms with Crippen molar-refractivity contribution in [3.63, 3.8) is 0 Å². The smallest absolute Gasteiger partial charge is 0.306 e. The lowest BCUT2D eigenvalue weighted by atomic mass is 10.3. The Kier molecular flexibility index (Phi) is 7.15. The molecular formula is C17H18O6S2. The van der Waals surface area contributed by atoms with Crippen LogP contribution >= 0.6 is 23.5 Å². The zero-order chi connectivity index (χ0) is 18.2. The molecule has 0 atom stereocenters. The van der Waals surface area contributed by atoms with E-state index in [9.17, 15) is 25.2 Å². The standard InChI is InChI=1S/C17H18O6S2/c18-13-3-1-11(9-15(13)20)24-7-5-17(22)23-6-8-25-12-2-4-14(19)16(21)10-12/h1-4,9-10,18-21H,5-8H2. The molecular weight excluding hydrogens is 364 g/mol. The maximum Gasteiger partial charge on any atom is 0.306 e. The Labute approximate surface area is 153 Å². The summed E-state index contributed by atoms with van der Waals surface area (Å²) in [5, 5.41) is 37.2. The van der Waals surface area contributed by atoms with Gasteiger partial charge in [-0.15, -0.1) is 23.5 Å². The third-order valence-corrected chi connectivity index (χ3v) is 5.04. The van der Waals surface area contributed by atoms with Gasteiger partial charge in [-0.25, -0.2) is 0 Å². The van der Waals surface area contributed by atoms with E-state index in [0.717, 1.165) is 9.79 Å². The maximum absolute atomic E-state index is 11.7. The first kappa shape index (κ1) is 19.1. The second-order valence-electron chi connectivity index (χ2n) is 4.97. The molecule has 0 spiro atoms. The molecule has 2 aromatic carbocycles. The van der Waals surface area contributed by atoms with Gasteiger partial charge >= 0.3 is 5.97 Å². The molecule has 0 aliphatic heterocycles. The zero-order valence-electron chi connectivity index (χ0n) is 13.2. The summed E-state index contributed by atoms with van der Waals surface area (Å²) in [6.45, 7) is 0.246. The number of carbonyl (C=O) groups excluding carboxylic acids is 1. The SMILES string of the molecule is O=C(CCSc1ccc(O)c(O)c1)OCCSc1ccc(O)c(O)c1. The summed E-state index contributed by atoms with van der Waals surface area (Å²) >= 11 is 2.79. The van der Waals surface area contributed by atoms with Crippen LogP contribution in [0.3, 0.4) is 0 Å². The highest BCUT2D eigenvalue weighted by molar-refractivity contribution is 7.99. The van der Waals surface area contributed by atoms with E-state index >= 15 is 0 Å². The van der Waals surface area contributed by atoms with Gasteiger partial charge in [0, 0.05) is 21.3 Å². The summed E-state index contributed by atoms with van der Waals surface area (Å²) in [4.78, 5) is 13.2. The van der Waals surface area contributed by atoms with Crippen molar-refractivity contribution in [1.82, 2.24) is 0 Å². The number of ether oxygens (including phenoxy) is 1. The molecule has 0 fully saturated rings. The molecule has 0 aromatic heterocycles. The fourth-order valence-corrected chi connectivity index (χ4v) is 3.45. The van der Waals surface area contributed by atoms with Crippen molar-refractivity contribution in [3.05, 3.63) is 36.4 Å². The highest BCUT2D eigenvalue weighted by Gasteiger charge is 2.06. The van der Waals surface area contributed by atoms with Crippen LogP contribution in [0, 0.1) is 0 Å². The Bertz CT molecular complexity index is 735. The molecule has 2 rings (SSSR count). The predicted molar refractivity (Wildman–Crippen MR) is 96.6 cm³/mol. The van der Waals surface area contributed by atoms with Crippen LogP contribution in [0.5, 0.6) is 23.0 Å². The van der Waals surface area contributed by atoms with Crippen LogP contribution in [0.25, 0.3) is 0 Å². The van der Waals surface area contributed by atoms with Gasteiger partial charge in [-0.1, -0.05) is 0 Å². The number of phenols is 4. The molecule has 0 saturated carbocycles. The molecule has 0 unspecified atom stereocenters. The fraction of sp³-hybridized carbons (Fsp3) is 0.235. The first-order valence-electron chi connectivity index (χ1n) is 7.41. The van der Waals surface area contributed by atoms with Gasteiger partial charge in [0.25, 0.3) is 0 Å². The highest BCUT2D eigenvalue weighted by atomic mass is 32.2. The summed E-state index contributed by atoms with van der Waals surface area (Å²) in [5.74, 6) is 0.00369. The number of phenolic OH excluding ortho intramolecular Hbond substituents is 4. The second-order valence-corrected chi connectivity index (χ2v) is 7.31. The van der Waals surface area contributed by atoms with E-state index in [2.05, 4.69) is 0 Å². The summed E-state index contributed by atoms with van der Waals surface area (Å²) < 4.78 is 5.12. The number of thioether (sulfide) groups is 2. The summed E-state index contributed by atoms with van der Waals surface area (Å²) in [6.07, 6.45) is 0.233. The summed E-state index contributed by atoms with van der Waals surface area (Å²) in [5.41, 5.74) is 0. The van der Waals surface area contributed by atoms with E-state index in [1.807, 2.05) is 0 Å². The summed E-state index contributed by atoms with van der Waals surface area (Å²) in [6, 6.07) is 9.02. The molecule has 0 aliphatic carbocycles. The molecule has 8 heteroatoms. The van der Waals surface area contributed by atoms with Gasteiger partial charge in [0.05, 0.1) is 6.42 Å². The van der Waals surface area contributed by atoms with E-state index in [4.69, 9.17) is 4.74 Å². The van der Waals surface area contributed by atoms with Gasteiger partial charge in [0.1, 0.15) is 6.61 Å². The van der Waals surface area contributed by atoms with Crippen LogP contribution < -0.4 is 0 Å². The van der Waals surface area contributed by atoms with E-state index < -0.39 is 0 Å². The average molecular weight is 382 g/mol. The van der Waals surface area contributed by atoms with E-state index in [1.54, 1.807) is 12.1 Å². The first-order chi connectivity index (χ1) is 12.0. The third-order valence-electron chi connectivity index (χ3n) is 3.08. The van der Waals surface area contributed by atoms with Crippen molar-refractivity contribution >= 4 is 29.5 Å². The van der Waals surface area contributed by atoms with Gasteiger partial charge in [-0.2, -0.15) is 0 Å². The molecule has 25 heavy (non-hydrogen) atoms. The molecule has 2 aromatic rings. The zero-order valence-corrected chi connectivity index (χ0v) is 14.8. The number of rotatable bonds is 8. The number of esters is 1. The molecule has 0 aliphatic rings. The number of carbonyl (C=O) groups is 1. The van der Waals surface area contributed by atoms with Crippen molar-refractivity contribution < 1.29 is 30.0 Å². The Balaban J connectivity index is 1.62. The average Bonchev–Trinajstić information content (AvgIpc) is 2.58. The maximum atomic E-state index is 11.7. The Morgan fingerprint density at radius 2 is 1.32 bits per heavy atom. The van der Waals surface area contributed by atoms with Crippen molar-refractivity contribution in [3.8, 4) is 23.0 Å². The topological polar surface area (TPSA) is 107 Å². The highest BCUT2D eigenvalue weighted by Crippen LogP contribution is 2.31. The summed E-state index contributed by atoms with van der Waals surface area (Å²) in [7, 11) is 0. The number of hydrogen-bond donors (Lipinski definition) is 4. The van der Waals surface area contributed by atoms with Crippen LogP contribution in [-0.2, 0) is 9.53 Å². The molecule has 0 saturated heterocycles. The van der Waals surface area contributed by atoms with Crippen LogP contribution in [0.1, 0.15) is 6.42 Å². The van der Waals surface area contributed by atoms with Gasteiger partial charge in [-0.3, -0.25) is 4.79 Å². The van der Waals surface area contributed by atoms with Crippen molar-refractivity contribution in [2.45, 2.75) is 16.2 Å². The lowest BCUT2D eigenvalue weighted by Crippen LogP contribution is -2.08. The quantitative estimate of drug-likeness (QED) is 0.238. The monoisotopic (exact) mass is 382 g/mol. The predicted octanol–water partition coefficient (Wildman–Crippen LogP) is 3.33. The molecule has 0 amide bonds. The van der Waals surface area contributed by atoms with E-state index in [0.29, 0.717) is 11.5 Å². The van der Waals surface area contributed by atoms with Crippen molar-refractivity contribution in [2.75, 3.05) is 18.1 Å². The number of hydrogen-bond acceptors (Lipinski definition) is 8. The van der Waals surface area contributed by atoms with E-state index in [-0.39, 0.29) is 42.0 Å². The minimum Gasteiger partial charge on any atom is -0.504 e. The minimum absolute atomic E-state index is 0.171. The molecule has 134 valence electrons. The number of benzene rings is 2. The molecule has 4 N–H and O–H groups in total. The van der Waals surface area contributed by atoms with Crippen LogP contribution in [0.2, 0.25) is 0 Å². The molecule has 6 nitrogen and oxygen atoms in total. The molecule has 0 bridgehead atoms. The number of aromatic hydroxyl groups is 4. The first-order valence-corrected chi connectivity index (χ1v) is 9.38. The lowest BCUT2D eigenvalue weighted by molar-refractivity contribution is -0.142. The van der Waals surface area contributed by atoms with Gasteiger partial charge < -0.3 is 25.2 Å². The van der Waals surface area contributed by atoms with E-state index in [1.165, 1.54) is 47.8 Å². The molecule has 0 radical (unpaired) electrons. The van der Waals surface area contributed by atoms with Crippen LogP contribution in [0.15, 0.2) is 46.2 Å². The normalized spacial score (nSPS) is 10.6. The minimum atomic E-state index is -0.315. The lowest BCUT2D eigenvalue weighted by Gasteiger charge is -2.06. The Hall–Kier alpha value is -2.19. The van der Waals surface area contributed by atoms with Gasteiger partial charge in [0.2, 0.25) is 0 Å². The Morgan fingerprint density at radius 1 is 0.800 bits per heavy atom. The Morgan fingerprint density at radius 3 is 1.84 bits per heavy atom. The van der Waals surface area contributed by atoms with Gasteiger partial charge in [0.15, 0.2) is 23.0 Å². The molecule has 0 heterocycles. The van der Waals surface area contributed by atoms with Crippen molar-refractivity contribution in [1.29, 1.82) is 0 Å². The fourth-order valence-electron chi connectivity index (χ4n) is 1.83.